The van der Waals surface area contributed by atoms with Gasteiger partial charge in [-0.2, -0.15) is 4.98 Å². The van der Waals surface area contributed by atoms with Gasteiger partial charge in [0, 0.05) is 30.3 Å². The molecule has 0 amide bonds. The van der Waals surface area contributed by atoms with Gasteiger partial charge in [0.2, 0.25) is 11.7 Å². The minimum atomic E-state index is -1.56. The number of thiophene rings is 1. The SMILES string of the molecule is CC(=O)c1c(O)c(C)c(O)c2c1OC1=CC(=O)/C(=C(/C)NCCc3nc(-c4cccs4)no3)C(=O)[C@]12C. The Balaban J connectivity index is 1.45. The summed E-state index contributed by atoms with van der Waals surface area (Å²) >= 11 is 1.50. The van der Waals surface area contributed by atoms with E-state index in [2.05, 4.69) is 15.5 Å². The van der Waals surface area contributed by atoms with Crippen molar-refractivity contribution in [1.82, 2.24) is 15.5 Å². The molecule has 10 nitrogen and oxygen atoms in total. The summed E-state index contributed by atoms with van der Waals surface area (Å²) in [5, 5.41) is 30.3. The van der Waals surface area contributed by atoms with Gasteiger partial charge < -0.3 is 24.8 Å². The van der Waals surface area contributed by atoms with Gasteiger partial charge in [0.05, 0.1) is 16.0 Å². The van der Waals surface area contributed by atoms with Crippen LogP contribution in [0.5, 0.6) is 17.2 Å². The third-order valence-corrected chi connectivity index (χ3v) is 7.56. The number of benzene rings is 1. The van der Waals surface area contributed by atoms with Gasteiger partial charge >= 0.3 is 0 Å². The smallest absolute Gasteiger partial charge is 0.228 e. The Morgan fingerprint density at radius 1 is 1.22 bits per heavy atom. The molecule has 1 aliphatic heterocycles. The summed E-state index contributed by atoms with van der Waals surface area (Å²) in [6.45, 7) is 6.13. The zero-order valence-electron chi connectivity index (χ0n) is 20.5. The van der Waals surface area contributed by atoms with Crippen molar-refractivity contribution in [2.75, 3.05) is 6.54 Å². The van der Waals surface area contributed by atoms with Gasteiger partial charge in [0.1, 0.15) is 34.0 Å². The highest BCUT2D eigenvalue weighted by atomic mass is 32.1. The Labute approximate surface area is 215 Å². The standard InChI is InChI=1S/C26H23N3O7S/c1-11-21(32)19(13(3)30)23-20(22(11)33)26(4)16(35-23)10-14(31)18(24(26)34)12(2)27-8-7-17-28-25(29-36-17)15-6-5-9-37-15/h5-6,9-10,27,32-33H,7-8H2,1-4H3/b18-12+/t26-/m1/s1. The molecule has 0 unspecified atom stereocenters. The number of phenolic OH excluding ortho intramolecular Hbond substituents is 2. The molecule has 3 aromatic rings. The lowest BCUT2D eigenvalue weighted by Crippen LogP contribution is -2.41. The summed E-state index contributed by atoms with van der Waals surface area (Å²) in [6, 6.07) is 3.78. The molecule has 0 saturated carbocycles. The number of allylic oxidation sites excluding steroid dienone is 4. The van der Waals surface area contributed by atoms with E-state index in [0.717, 1.165) is 4.88 Å². The van der Waals surface area contributed by atoms with E-state index >= 15 is 0 Å². The highest BCUT2D eigenvalue weighted by Crippen LogP contribution is 2.57. The summed E-state index contributed by atoms with van der Waals surface area (Å²) in [7, 11) is 0. The van der Waals surface area contributed by atoms with Gasteiger partial charge in [-0.3, -0.25) is 14.4 Å². The Morgan fingerprint density at radius 2 is 1.97 bits per heavy atom. The third-order valence-electron chi connectivity index (χ3n) is 6.70. The quantitative estimate of drug-likeness (QED) is 0.250. The second kappa shape index (κ2) is 8.70. The molecule has 1 atom stereocenters. The Hall–Kier alpha value is -4.25. The molecule has 5 rings (SSSR count). The zero-order valence-corrected chi connectivity index (χ0v) is 21.3. The maximum Gasteiger partial charge on any atom is 0.228 e. The fourth-order valence-corrected chi connectivity index (χ4v) is 5.32. The number of carbonyl (C=O) groups excluding carboxylic acids is 3. The minimum Gasteiger partial charge on any atom is -0.507 e. The largest absolute Gasteiger partial charge is 0.507 e. The topological polar surface area (TPSA) is 152 Å². The number of aromatic nitrogens is 2. The van der Waals surface area contributed by atoms with Crippen molar-refractivity contribution in [2.24, 2.45) is 0 Å². The van der Waals surface area contributed by atoms with Crippen molar-refractivity contribution in [3.63, 3.8) is 0 Å². The van der Waals surface area contributed by atoms with Crippen molar-refractivity contribution in [3.05, 3.63) is 63.2 Å². The van der Waals surface area contributed by atoms with Crippen LogP contribution in [0.3, 0.4) is 0 Å². The lowest BCUT2D eigenvalue weighted by Gasteiger charge is -2.29. The van der Waals surface area contributed by atoms with Crippen LogP contribution in [0.25, 0.3) is 10.7 Å². The predicted molar refractivity (Wildman–Crippen MR) is 133 cm³/mol. The number of ketones is 3. The second-order valence-corrected chi connectivity index (χ2v) is 10.0. The van der Waals surface area contributed by atoms with E-state index in [-0.39, 0.29) is 39.5 Å². The molecule has 3 heterocycles. The summed E-state index contributed by atoms with van der Waals surface area (Å²) in [5.41, 5.74) is -1.38. The van der Waals surface area contributed by atoms with Crippen molar-refractivity contribution in [1.29, 1.82) is 0 Å². The lowest BCUT2D eigenvalue weighted by molar-refractivity contribution is -0.123. The molecule has 190 valence electrons. The average molecular weight is 522 g/mol. The normalized spacial score (nSPS) is 19.7. The highest BCUT2D eigenvalue weighted by Gasteiger charge is 2.56. The Kier molecular flexibility index (Phi) is 5.75. The molecular weight excluding hydrogens is 498 g/mol. The number of nitrogens with one attached hydrogen (secondary N) is 1. The first-order chi connectivity index (χ1) is 17.6. The molecule has 11 heteroatoms. The number of nitrogens with zero attached hydrogens (tertiary/aromatic N) is 2. The number of hydrogen-bond donors (Lipinski definition) is 3. The van der Waals surface area contributed by atoms with Crippen LogP contribution in [-0.2, 0) is 21.4 Å². The first-order valence-corrected chi connectivity index (χ1v) is 12.3. The molecule has 0 radical (unpaired) electrons. The lowest BCUT2D eigenvalue weighted by atomic mass is 9.70. The maximum atomic E-state index is 13.8. The predicted octanol–water partition coefficient (Wildman–Crippen LogP) is 3.51. The molecule has 2 aromatic heterocycles. The molecule has 1 aromatic carbocycles. The van der Waals surface area contributed by atoms with Crippen molar-refractivity contribution < 1.29 is 33.9 Å². The first kappa shape index (κ1) is 24.4. The molecule has 0 saturated heterocycles. The molecule has 0 bridgehead atoms. The van der Waals surface area contributed by atoms with Crippen molar-refractivity contribution in [2.45, 2.75) is 39.5 Å². The van der Waals surface area contributed by atoms with Crippen LogP contribution in [-0.4, -0.2) is 44.2 Å². The molecule has 1 aliphatic carbocycles. The molecule has 3 N–H and O–H groups in total. The van der Waals surface area contributed by atoms with Crippen molar-refractivity contribution >= 4 is 28.7 Å². The van der Waals surface area contributed by atoms with E-state index in [1.165, 1.54) is 38.2 Å². The van der Waals surface area contributed by atoms with E-state index in [1.54, 1.807) is 6.92 Å². The van der Waals surface area contributed by atoms with Gasteiger partial charge in [0.15, 0.2) is 17.3 Å². The van der Waals surface area contributed by atoms with Gasteiger partial charge in [-0.25, -0.2) is 0 Å². The van der Waals surface area contributed by atoms with Gasteiger partial charge in [0.25, 0.3) is 0 Å². The van der Waals surface area contributed by atoms with E-state index < -0.39 is 28.5 Å². The summed E-state index contributed by atoms with van der Waals surface area (Å²) in [4.78, 5) is 44.3. The Bertz CT molecular complexity index is 1550. The summed E-state index contributed by atoms with van der Waals surface area (Å²) < 4.78 is 11.1. The number of fused-ring (bicyclic) bond motifs is 3. The molecule has 37 heavy (non-hydrogen) atoms. The zero-order chi connectivity index (χ0) is 26.6. The number of carbonyl (C=O) groups is 3. The number of phenols is 2. The minimum absolute atomic E-state index is 0.0104. The monoisotopic (exact) mass is 521 g/mol. The van der Waals surface area contributed by atoms with Crippen LogP contribution in [0.2, 0.25) is 0 Å². The number of aromatic hydroxyl groups is 2. The van der Waals surface area contributed by atoms with Crippen molar-refractivity contribution in [3.8, 4) is 28.0 Å². The van der Waals surface area contributed by atoms with E-state index in [9.17, 15) is 24.6 Å². The fraction of sp³-hybridized carbons (Fsp3) is 0.269. The number of ether oxygens (including phenoxy) is 1. The highest BCUT2D eigenvalue weighted by molar-refractivity contribution is 7.13. The van der Waals surface area contributed by atoms with Gasteiger partial charge in [-0.05, 0) is 39.1 Å². The van der Waals surface area contributed by atoms with Crippen LogP contribution < -0.4 is 10.1 Å². The first-order valence-electron chi connectivity index (χ1n) is 11.5. The average Bonchev–Trinajstić information content (AvgIpc) is 3.58. The maximum absolute atomic E-state index is 13.8. The molecular formula is C26H23N3O7S. The van der Waals surface area contributed by atoms with E-state index in [4.69, 9.17) is 9.26 Å². The van der Waals surface area contributed by atoms with Gasteiger partial charge in [-0.1, -0.05) is 11.2 Å². The molecule has 0 fully saturated rings. The summed E-state index contributed by atoms with van der Waals surface area (Å²) in [5.74, 6) is -1.69. The van der Waals surface area contributed by atoms with Crippen LogP contribution in [0, 0.1) is 6.92 Å². The van der Waals surface area contributed by atoms with E-state index in [0.29, 0.717) is 30.4 Å². The Morgan fingerprint density at radius 3 is 2.65 bits per heavy atom. The fourth-order valence-electron chi connectivity index (χ4n) is 4.67. The summed E-state index contributed by atoms with van der Waals surface area (Å²) in [6.07, 6.45) is 1.54. The van der Waals surface area contributed by atoms with Crippen LogP contribution in [0.1, 0.15) is 48.1 Å². The number of Topliss-reactive ketones (excluding diaryl/α,β-unsaturated/α-hetero) is 2. The number of rotatable bonds is 6. The molecule has 0 spiro atoms. The van der Waals surface area contributed by atoms with E-state index in [1.807, 2.05) is 17.5 Å². The van der Waals surface area contributed by atoms with Crippen LogP contribution in [0.15, 0.2) is 45.1 Å². The van der Waals surface area contributed by atoms with Crippen LogP contribution >= 0.6 is 11.3 Å². The second-order valence-electron chi connectivity index (χ2n) is 9.05. The van der Waals surface area contributed by atoms with Crippen LogP contribution in [0.4, 0.5) is 0 Å². The third kappa shape index (κ3) is 3.65. The van der Waals surface area contributed by atoms with Gasteiger partial charge in [-0.15, -0.1) is 11.3 Å². The number of hydrogen-bond acceptors (Lipinski definition) is 11. The molecule has 2 aliphatic rings.